The van der Waals surface area contributed by atoms with Crippen molar-refractivity contribution in [2.75, 3.05) is 5.32 Å². The molecule has 1 aliphatic heterocycles. The maximum atomic E-state index is 13.5. The van der Waals surface area contributed by atoms with E-state index in [4.69, 9.17) is 0 Å². The van der Waals surface area contributed by atoms with Gasteiger partial charge < -0.3 is 10.2 Å². The molecule has 5 aliphatic rings. The number of carbonyl (C=O) groups excluding carboxylic acids is 2. The minimum Gasteiger partial charge on any atom is -0.326 e. The van der Waals surface area contributed by atoms with Crippen molar-refractivity contribution >= 4 is 17.5 Å². The quantitative estimate of drug-likeness (QED) is 0.612. The Bertz CT molecular complexity index is 1030. The molecule has 1 unspecified atom stereocenters. The van der Waals surface area contributed by atoms with Crippen LogP contribution in [-0.4, -0.2) is 22.8 Å². The van der Waals surface area contributed by atoms with Crippen LogP contribution in [-0.2, 0) is 9.59 Å². The predicted molar refractivity (Wildman–Crippen MR) is 130 cm³/mol. The third kappa shape index (κ3) is 3.15. The molecule has 0 aromatic heterocycles. The molecular weight excluding hydrogens is 408 g/mol. The lowest BCUT2D eigenvalue weighted by Gasteiger charge is -2.58. The zero-order valence-corrected chi connectivity index (χ0v) is 20.4. The summed E-state index contributed by atoms with van der Waals surface area (Å²) in [5.41, 5.74) is 3.64. The Balaban J connectivity index is 1.26. The van der Waals surface area contributed by atoms with Crippen molar-refractivity contribution < 1.29 is 9.59 Å². The van der Waals surface area contributed by atoms with Crippen molar-refractivity contribution in [3.8, 4) is 0 Å². The molecule has 33 heavy (non-hydrogen) atoms. The van der Waals surface area contributed by atoms with Crippen molar-refractivity contribution in [1.29, 1.82) is 0 Å². The zero-order valence-electron chi connectivity index (χ0n) is 20.4. The molecule has 0 radical (unpaired) electrons. The number of hydrogen-bond acceptors (Lipinski definition) is 2. The van der Waals surface area contributed by atoms with Gasteiger partial charge in [-0.3, -0.25) is 9.59 Å². The number of likely N-dealkylation sites (tertiary alicyclic amines) is 1. The van der Waals surface area contributed by atoms with Crippen LogP contribution in [0.25, 0.3) is 0 Å². The summed E-state index contributed by atoms with van der Waals surface area (Å²) in [5.74, 6) is 2.55. The van der Waals surface area contributed by atoms with Crippen LogP contribution in [0.15, 0.2) is 36.0 Å². The number of amides is 2. The van der Waals surface area contributed by atoms with Gasteiger partial charge in [0.15, 0.2) is 0 Å². The van der Waals surface area contributed by atoms with Gasteiger partial charge in [-0.15, -0.1) is 0 Å². The van der Waals surface area contributed by atoms with Crippen LogP contribution in [0.4, 0.5) is 5.69 Å². The van der Waals surface area contributed by atoms with Crippen LogP contribution in [0.1, 0.15) is 77.2 Å². The lowest BCUT2D eigenvalue weighted by molar-refractivity contribution is -0.139. The minimum absolute atomic E-state index is 0.0797. The fourth-order valence-corrected chi connectivity index (χ4v) is 8.48. The van der Waals surface area contributed by atoms with Crippen LogP contribution in [0.2, 0.25) is 0 Å². The van der Waals surface area contributed by atoms with Crippen molar-refractivity contribution in [3.05, 3.63) is 41.6 Å². The summed E-state index contributed by atoms with van der Waals surface area (Å²) in [5, 5.41) is 3.27. The van der Waals surface area contributed by atoms with Gasteiger partial charge in [-0.2, -0.15) is 0 Å². The molecule has 4 nitrogen and oxygen atoms in total. The molecule has 4 heteroatoms. The van der Waals surface area contributed by atoms with E-state index in [1.807, 2.05) is 18.2 Å². The Morgan fingerprint density at radius 2 is 1.82 bits per heavy atom. The minimum atomic E-state index is 0.0797. The second-order valence-electron chi connectivity index (χ2n) is 12.1. The average molecular weight is 447 g/mol. The molecule has 1 N–H and O–H groups in total. The largest absolute Gasteiger partial charge is 0.326 e. The molecule has 1 saturated heterocycles. The Morgan fingerprint density at radius 1 is 1.03 bits per heavy atom. The molecule has 1 aromatic rings. The van der Waals surface area contributed by atoms with E-state index in [0.717, 1.165) is 43.4 Å². The Labute approximate surface area is 198 Å². The van der Waals surface area contributed by atoms with E-state index in [1.54, 1.807) is 0 Å². The van der Waals surface area contributed by atoms with E-state index in [2.05, 4.69) is 43.1 Å². The van der Waals surface area contributed by atoms with Gasteiger partial charge in [-0.25, -0.2) is 0 Å². The lowest BCUT2D eigenvalue weighted by Crippen LogP contribution is -2.55. The third-order valence-corrected chi connectivity index (χ3v) is 10.4. The number of nitrogens with one attached hydrogen (secondary N) is 1. The van der Waals surface area contributed by atoms with Crippen molar-refractivity contribution in [2.24, 2.45) is 34.5 Å². The Kier molecular flexibility index (Phi) is 4.84. The number of nitrogens with zero attached hydrogens (tertiary/aromatic N) is 1. The van der Waals surface area contributed by atoms with Crippen LogP contribution in [0.3, 0.4) is 0 Å². The maximum absolute atomic E-state index is 13.5. The fraction of sp³-hybridized carbons (Fsp3) is 0.655. The van der Waals surface area contributed by atoms with Gasteiger partial charge in [0.2, 0.25) is 11.8 Å². The molecule has 4 fully saturated rings. The van der Waals surface area contributed by atoms with Crippen LogP contribution >= 0.6 is 0 Å². The predicted octanol–water partition coefficient (Wildman–Crippen LogP) is 6.07. The molecule has 6 rings (SSSR count). The zero-order chi connectivity index (χ0) is 23.0. The summed E-state index contributed by atoms with van der Waals surface area (Å²) in [6.07, 6.45) is 12.1. The fourth-order valence-electron chi connectivity index (χ4n) is 8.48. The van der Waals surface area contributed by atoms with Gasteiger partial charge in [-0.1, -0.05) is 38.1 Å². The second kappa shape index (κ2) is 7.45. The number of fused-ring (bicyclic) bond motifs is 5. The molecule has 4 aliphatic carbocycles. The molecule has 1 aromatic carbocycles. The highest BCUT2D eigenvalue weighted by atomic mass is 16.2. The van der Waals surface area contributed by atoms with Gasteiger partial charge in [-0.05, 0) is 93.1 Å². The van der Waals surface area contributed by atoms with E-state index in [0.29, 0.717) is 36.1 Å². The molecule has 6 atom stereocenters. The third-order valence-electron chi connectivity index (χ3n) is 10.4. The summed E-state index contributed by atoms with van der Waals surface area (Å²) in [7, 11) is 0. The number of allylic oxidation sites excluding steroid dienone is 2. The van der Waals surface area contributed by atoms with Crippen LogP contribution in [0.5, 0.6) is 0 Å². The van der Waals surface area contributed by atoms with Gasteiger partial charge >= 0.3 is 0 Å². The van der Waals surface area contributed by atoms with E-state index in [9.17, 15) is 9.59 Å². The Hall–Kier alpha value is -2.10. The van der Waals surface area contributed by atoms with E-state index in [1.165, 1.54) is 25.0 Å². The standard InChI is InChI=1S/C29H38N2O2/c1-18-6-4-5-7-24(18)30-27(33)23-12-11-21-20-10-13-25-29(3,22(20)14-16-28(21,23)2)17-15-26(32)31(25)19-8-9-19/h4-7,13,19-23H,8-12,14-17H2,1-3H3,(H,30,33)/t20-,21-,22+,23?,28-,29+/m0/s1. The summed E-state index contributed by atoms with van der Waals surface area (Å²) >= 11 is 0. The van der Waals surface area contributed by atoms with Gasteiger partial charge in [0, 0.05) is 35.2 Å². The van der Waals surface area contributed by atoms with E-state index < -0.39 is 0 Å². The molecule has 0 spiro atoms. The summed E-state index contributed by atoms with van der Waals surface area (Å²) in [4.78, 5) is 28.5. The number of benzene rings is 1. The summed E-state index contributed by atoms with van der Waals surface area (Å²) in [6.45, 7) is 6.93. The molecule has 0 bridgehead atoms. The topological polar surface area (TPSA) is 49.4 Å². The molecule has 1 heterocycles. The van der Waals surface area contributed by atoms with Gasteiger partial charge in [0.05, 0.1) is 0 Å². The highest BCUT2D eigenvalue weighted by Gasteiger charge is 2.61. The highest BCUT2D eigenvalue weighted by Crippen LogP contribution is 2.66. The number of rotatable bonds is 3. The number of aryl methyl sites for hydroxylation is 1. The molecule has 2 amide bonds. The summed E-state index contributed by atoms with van der Waals surface area (Å²) in [6, 6.07) is 8.57. The molecule has 3 saturated carbocycles. The van der Waals surface area contributed by atoms with Gasteiger partial charge in [0.25, 0.3) is 0 Å². The van der Waals surface area contributed by atoms with Crippen LogP contribution < -0.4 is 5.32 Å². The number of hydrogen-bond donors (Lipinski definition) is 1. The highest BCUT2D eigenvalue weighted by molar-refractivity contribution is 5.94. The Morgan fingerprint density at radius 3 is 2.58 bits per heavy atom. The normalized spacial score (nSPS) is 39.9. The lowest BCUT2D eigenvalue weighted by atomic mass is 9.49. The van der Waals surface area contributed by atoms with Crippen LogP contribution in [0, 0.1) is 41.4 Å². The van der Waals surface area contributed by atoms with E-state index >= 15 is 0 Å². The van der Waals surface area contributed by atoms with E-state index in [-0.39, 0.29) is 22.7 Å². The molecule has 176 valence electrons. The second-order valence-corrected chi connectivity index (χ2v) is 12.1. The smallest absolute Gasteiger partial charge is 0.228 e. The first-order chi connectivity index (χ1) is 15.8. The molecular formula is C29H38N2O2. The van der Waals surface area contributed by atoms with Crippen molar-refractivity contribution in [2.45, 2.75) is 84.6 Å². The number of anilines is 1. The first-order valence-electron chi connectivity index (χ1n) is 13.2. The van der Waals surface area contributed by atoms with Crippen molar-refractivity contribution in [1.82, 2.24) is 4.90 Å². The monoisotopic (exact) mass is 446 g/mol. The summed E-state index contributed by atoms with van der Waals surface area (Å²) < 4.78 is 0. The number of carbonyl (C=O) groups is 2. The number of para-hydroxylation sites is 1. The first kappa shape index (κ1) is 21.4. The van der Waals surface area contributed by atoms with Gasteiger partial charge in [0.1, 0.15) is 0 Å². The average Bonchev–Trinajstić information content (AvgIpc) is 3.56. The SMILES string of the molecule is Cc1ccccc1NC(=O)C1CC[C@H]2[C@@H]3CC=C4N(C5CC5)C(=O)CC[C@]4(C)[C@@H]3CC[C@]12C. The number of piperidine rings is 1. The first-order valence-corrected chi connectivity index (χ1v) is 13.2. The van der Waals surface area contributed by atoms with Crippen molar-refractivity contribution in [3.63, 3.8) is 0 Å². The maximum Gasteiger partial charge on any atom is 0.228 e.